The van der Waals surface area contributed by atoms with Crippen LogP contribution in [-0.4, -0.2) is 63.0 Å². The number of carbonyl (C=O) groups excluding carboxylic acids is 1. The SMILES string of the molecule is O=C(NC(=NCCN1CCOCC1)Nc1ccccc1)c1ccc2c(c1)OCO2. The first-order valence-corrected chi connectivity index (χ1v) is 9.65. The normalized spacial score (nSPS) is 16.5. The first kappa shape index (κ1) is 19.2. The van der Waals surface area contributed by atoms with Crippen LogP contribution in [0.2, 0.25) is 0 Å². The minimum Gasteiger partial charge on any atom is -0.454 e. The van der Waals surface area contributed by atoms with Gasteiger partial charge >= 0.3 is 0 Å². The lowest BCUT2D eigenvalue weighted by atomic mass is 10.2. The summed E-state index contributed by atoms with van der Waals surface area (Å²) in [6.45, 7) is 4.85. The molecule has 2 aliphatic heterocycles. The molecule has 152 valence electrons. The number of aliphatic imine (C=N–C) groups is 1. The number of fused-ring (bicyclic) bond motifs is 1. The Kier molecular flexibility index (Phi) is 6.23. The highest BCUT2D eigenvalue weighted by molar-refractivity contribution is 6.10. The number of para-hydroxylation sites is 1. The van der Waals surface area contributed by atoms with Crippen LogP contribution in [-0.2, 0) is 4.74 Å². The van der Waals surface area contributed by atoms with Crippen LogP contribution in [0.25, 0.3) is 0 Å². The Labute approximate surface area is 169 Å². The Hall–Kier alpha value is -3.10. The van der Waals surface area contributed by atoms with Gasteiger partial charge in [0, 0.05) is 30.9 Å². The van der Waals surface area contributed by atoms with Gasteiger partial charge in [-0.15, -0.1) is 0 Å². The molecule has 2 heterocycles. The van der Waals surface area contributed by atoms with E-state index >= 15 is 0 Å². The predicted molar refractivity (Wildman–Crippen MR) is 110 cm³/mol. The summed E-state index contributed by atoms with van der Waals surface area (Å²) >= 11 is 0. The maximum absolute atomic E-state index is 12.8. The standard InChI is InChI=1S/C21H24N4O4/c26-20(16-6-7-18-19(14-16)29-15-28-18)24-21(23-17-4-2-1-3-5-17)22-8-9-25-10-12-27-13-11-25/h1-7,14H,8-13,15H2,(H2,22,23,24,26). The van der Waals surface area contributed by atoms with Crippen molar-refractivity contribution in [1.82, 2.24) is 10.2 Å². The molecular formula is C21H24N4O4. The Balaban J connectivity index is 1.43. The smallest absolute Gasteiger partial charge is 0.258 e. The largest absolute Gasteiger partial charge is 0.454 e. The molecule has 0 unspecified atom stereocenters. The summed E-state index contributed by atoms with van der Waals surface area (Å²) in [5, 5.41) is 6.06. The van der Waals surface area contributed by atoms with Crippen molar-refractivity contribution in [2.75, 3.05) is 51.5 Å². The first-order chi connectivity index (χ1) is 14.3. The Morgan fingerprint density at radius 1 is 1.03 bits per heavy atom. The molecule has 8 heteroatoms. The van der Waals surface area contributed by atoms with Gasteiger partial charge in [-0.3, -0.25) is 20.0 Å². The zero-order valence-electron chi connectivity index (χ0n) is 16.1. The fourth-order valence-electron chi connectivity index (χ4n) is 3.11. The van der Waals surface area contributed by atoms with E-state index in [0.717, 1.165) is 38.5 Å². The number of rotatable bonds is 5. The van der Waals surface area contributed by atoms with Gasteiger partial charge in [0.15, 0.2) is 11.5 Å². The van der Waals surface area contributed by atoms with Crippen molar-refractivity contribution in [2.24, 2.45) is 4.99 Å². The molecule has 0 spiro atoms. The Morgan fingerprint density at radius 3 is 2.66 bits per heavy atom. The van der Waals surface area contributed by atoms with Crippen molar-refractivity contribution in [3.63, 3.8) is 0 Å². The number of hydrogen-bond acceptors (Lipinski definition) is 6. The number of nitrogens with zero attached hydrogens (tertiary/aromatic N) is 2. The summed E-state index contributed by atoms with van der Waals surface area (Å²) in [7, 11) is 0. The van der Waals surface area contributed by atoms with Gasteiger partial charge < -0.3 is 19.5 Å². The predicted octanol–water partition coefficient (Wildman–Crippen LogP) is 1.95. The fourth-order valence-corrected chi connectivity index (χ4v) is 3.11. The molecular weight excluding hydrogens is 372 g/mol. The number of anilines is 1. The summed E-state index contributed by atoms with van der Waals surface area (Å²) in [5.74, 6) is 1.35. The number of benzene rings is 2. The quantitative estimate of drug-likeness (QED) is 0.594. The number of ether oxygens (including phenoxy) is 3. The van der Waals surface area contributed by atoms with Crippen LogP contribution in [0.1, 0.15) is 10.4 Å². The molecule has 0 bridgehead atoms. The number of hydrogen-bond donors (Lipinski definition) is 2. The molecule has 4 rings (SSSR count). The van der Waals surface area contributed by atoms with E-state index < -0.39 is 0 Å². The van der Waals surface area contributed by atoms with Gasteiger partial charge in [0.1, 0.15) is 0 Å². The van der Waals surface area contributed by atoms with Crippen LogP contribution in [0.15, 0.2) is 53.5 Å². The Morgan fingerprint density at radius 2 is 1.83 bits per heavy atom. The minimum absolute atomic E-state index is 0.171. The maximum Gasteiger partial charge on any atom is 0.258 e. The molecule has 0 aromatic heterocycles. The van der Waals surface area contributed by atoms with E-state index in [1.165, 1.54) is 0 Å². The van der Waals surface area contributed by atoms with Gasteiger partial charge in [0.2, 0.25) is 12.8 Å². The number of nitrogens with one attached hydrogen (secondary N) is 2. The van der Waals surface area contributed by atoms with E-state index in [1.54, 1.807) is 18.2 Å². The molecule has 2 aliphatic rings. The van der Waals surface area contributed by atoms with Gasteiger partial charge in [-0.05, 0) is 30.3 Å². The van der Waals surface area contributed by atoms with E-state index in [0.29, 0.717) is 29.6 Å². The van der Waals surface area contributed by atoms with Crippen LogP contribution < -0.4 is 20.1 Å². The van der Waals surface area contributed by atoms with Gasteiger partial charge in [0.05, 0.1) is 19.8 Å². The molecule has 1 fully saturated rings. The van der Waals surface area contributed by atoms with Crippen molar-refractivity contribution in [3.8, 4) is 11.5 Å². The monoisotopic (exact) mass is 396 g/mol. The lowest BCUT2D eigenvalue weighted by Crippen LogP contribution is -2.39. The average Bonchev–Trinajstić information content (AvgIpc) is 3.23. The second-order valence-electron chi connectivity index (χ2n) is 6.70. The molecule has 29 heavy (non-hydrogen) atoms. The fraction of sp³-hybridized carbons (Fsp3) is 0.333. The van der Waals surface area contributed by atoms with Gasteiger partial charge in [0.25, 0.3) is 5.91 Å². The van der Waals surface area contributed by atoms with E-state index in [9.17, 15) is 4.79 Å². The van der Waals surface area contributed by atoms with Crippen LogP contribution >= 0.6 is 0 Å². The first-order valence-electron chi connectivity index (χ1n) is 9.65. The lowest BCUT2D eigenvalue weighted by molar-refractivity contribution is 0.0394. The summed E-state index contributed by atoms with van der Waals surface area (Å²) < 4.78 is 16.0. The van der Waals surface area contributed by atoms with E-state index in [4.69, 9.17) is 14.2 Å². The summed E-state index contributed by atoms with van der Waals surface area (Å²) in [6, 6.07) is 14.7. The third kappa shape index (κ3) is 5.24. The highest BCUT2D eigenvalue weighted by Crippen LogP contribution is 2.32. The van der Waals surface area contributed by atoms with Crippen molar-refractivity contribution in [3.05, 3.63) is 54.1 Å². The molecule has 2 aromatic carbocycles. The molecule has 0 radical (unpaired) electrons. The van der Waals surface area contributed by atoms with Crippen molar-refractivity contribution in [1.29, 1.82) is 0 Å². The van der Waals surface area contributed by atoms with E-state index in [-0.39, 0.29) is 12.7 Å². The Bertz CT molecular complexity index is 866. The number of morpholine rings is 1. The van der Waals surface area contributed by atoms with Gasteiger partial charge in [-0.25, -0.2) is 0 Å². The van der Waals surface area contributed by atoms with Crippen LogP contribution in [0, 0.1) is 0 Å². The van der Waals surface area contributed by atoms with E-state index in [1.807, 2.05) is 30.3 Å². The molecule has 2 N–H and O–H groups in total. The second-order valence-corrected chi connectivity index (χ2v) is 6.70. The van der Waals surface area contributed by atoms with Gasteiger partial charge in [-0.1, -0.05) is 18.2 Å². The second kappa shape index (κ2) is 9.40. The molecule has 0 atom stereocenters. The van der Waals surface area contributed by atoms with Crippen molar-refractivity contribution < 1.29 is 19.0 Å². The van der Waals surface area contributed by atoms with E-state index in [2.05, 4.69) is 20.5 Å². The molecule has 0 saturated carbocycles. The van der Waals surface area contributed by atoms with Crippen molar-refractivity contribution in [2.45, 2.75) is 0 Å². The zero-order chi connectivity index (χ0) is 19.9. The average molecular weight is 396 g/mol. The topological polar surface area (TPSA) is 84.4 Å². The highest BCUT2D eigenvalue weighted by atomic mass is 16.7. The van der Waals surface area contributed by atoms with Crippen LogP contribution in [0.5, 0.6) is 11.5 Å². The third-order valence-corrected chi connectivity index (χ3v) is 4.69. The molecule has 1 amide bonds. The maximum atomic E-state index is 12.8. The number of guanidine groups is 1. The summed E-state index contributed by atoms with van der Waals surface area (Å²) in [4.78, 5) is 19.6. The van der Waals surface area contributed by atoms with Crippen molar-refractivity contribution >= 4 is 17.6 Å². The van der Waals surface area contributed by atoms with Crippen LogP contribution in [0.4, 0.5) is 5.69 Å². The lowest BCUT2D eigenvalue weighted by Gasteiger charge is -2.25. The highest BCUT2D eigenvalue weighted by Gasteiger charge is 2.17. The molecule has 2 aromatic rings. The minimum atomic E-state index is -0.267. The van der Waals surface area contributed by atoms with Crippen LogP contribution in [0.3, 0.4) is 0 Å². The van der Waals surface area contributed by atoms with Gasteiger partial charge in [-0.2, -0.15) is 0 Å². The number of amides is 1. The molecule has 0 aliphatic carbocycles. The molecule has 1 saturated heterocycles. The summed E-state index contributed by atoms with van der Waals surface area (Å²) in [6.07, 6.45) is 0. The molecule has 8 nitrogen and oxygen atoms in total. The number of carbonyl (C=O) groups is 1. The third-order valence-electron chi connectivity index (χ3n) is 4.69. The zero-order valence-corrected chi connectivity index (χ0v) is 16.1. The summed E-state index contributed by atoms with van der Waals surface area (Å²) in [5.41, 5.74) is 1.33.